The van der Waals surface area contributed by atoms with Crippen LogP contribution in [0.3, 0.4) is 0 Å². The summed E-state index contributed by atoms with van der Waals surface area (Å²) < 4.78 is 1.16. The summed E-state index contributed by atoms with van der Waals surface area (Å²) in [5.74, 6) is 0.686. The first-order chi connectivity index (χ1) is 8.56. The van der Waals surface area contributed by atoms with Gasteiger partial charge in [0.15, 0.2) is 0 Å². The molecular weight excluding hydrogens is 328 g/mol. The van der Waals surface area contributed by atoms with Crippen LogP contribution >= 0.6 is 38.6 Å². The maximum atomic E-state index is 4.66. The molecule has 0 aromatic carbocycles. The molecule has 0 bridgehead atoms. The molecule has 0 aliphatic heterocycles. The number of hydrogen-bond acceptors (Lipinski definition) is 4. The van der Waals surface area contributed by atoms with E-state index in [-0.39, 0.29) is 0 Å². The van der Waals surface area contributed by atoms with Crippen molar-refractivity contribution in [2.75, 3.05) is 6.54 Å². The standard InChI is InChI=1S/C13H17BrN2S2/c1-8(2)6-15-7-11-9(3)16-13(18-11)10-4-5-12(14)17-10/h4-5,8,15H,6-7H2,1-3H3. The van der Waals surface area contributed by atoms with Gasteiger partial charge in [0.2, 0.25) is 0 Å². The van der Waals surface area contributed by atoms with Crippen molar-refractivity contribution in [1.29, 1.82) is 0 Å². The quantitative estimate of drug-likeness (QED) is 0.850. The summed E-state index contributed by atoms with van der Waals surface area (Å²) in [6.07, 6.45) is 0. The minimum absolute atomic E-state index is 0.686. The average molecular weight is 345 g/mol. The SMILES string of the molecule is Cc1nc(-c2ccc(Br)s2)sc1CNCC(C)C. The number of nitrogens with one attached hydrogen (secondary N) is 1. The number of aromatic nitrogens is 1. The predicted octanol–water partition coefficient (Wildman–Crippen LogP) is 4.69. The average Bonchev–Trinajstić information content (AvgIpc) is 2.86. The molecule has 2 rings (SSSR count). The fraction of sp³-hybridized carbons (Fsp3) is 0.462. The van der Waals surface area contributed by atoms with E-state index in [1.165, 1.54) is 9.75 Å². The van der Waals surface area contributed by atoms with Crippen molar-refractivity contribution < 1.29 is 0 Å². The third kappa shape index (κ3) is 3.63. The zero-order valence-electron chi connectivity index (χ0n) is 10.8. The van der Waals surface area contributed by atoms with Gasteiger partial charge in [0.1, 0.15) is 5.01 Å². The lowest BCUT2D eigenvalue weighted by Crippen LogP contribution is -2.18. The largest absolute Gasteiger partial charge is 0.312 e. The van der Waals surface area contributed by atoms with E-state index >= 15 is 0 Å². The molecule has 0 saturated carbocycles. The van der Waals surface area contributed by atoms with E-state index < -0.39 is 0 Å². The third-order valence-electron chi connectivity index (χ3n) is 2.51. The molecule has 1 N–H and O–H groups in total. The van der Waals surface area contributed by atoms with E-state index in [1.807, 2.05) is 0 Å². The van der Waals surface area contributed by atoms with Gasteiger partial charge in [-0.2, -0.15) is 0 Å². The summed E-state index contributed by atoms with van der Waals surface area (Å²) in [6.45, 7) is 8.52. The number of aryl methyl sites for hydroxylation is 1. The Kier molecular flexibility index (Phi) is 4.95. The molecule has 2 heterocycles. The fourth-order valence-corrected chi connectivity index (χ4v) is 4.07. The van der Waals surface area contributed by atoms with Crippen molar-refractivity contribution in [3.8, 4) is 9.88 Å². The van der Waals surface area contributed by atoms with Gasteiger partial charge in [-0.05, 0) is 47.4 Å². The molecule has 0 amide bonds. The van der Waals surface area contributed by atoms with Crippen molar-refractivity contribution in [1.82, 2.24) is 10.3 Å². The number of thiazole rings is 1. The van der Waals surface area contributed by atoms with E-state index in [2.05, 4.69) is 59.1 Å². The molecule has 98 valence electrons. The summed E-state index contributed by atoms with van der Waals surface area (Å²) in [7, 11) is 0. The normalized spacial score (nSPS) is 11.4. The first-order valence-electron chi connectivity index (χ1n) is 5.99. The lowest BCUT2D eigenvalue weighted by molar-refractivity contribution is 0.554. The first-order valence-corrected chi connectivity index (χ1v) is 8.41. The van der Waals surface area contributed by atoms with Crippen LogP contribution in [0.4, 0.5) is 0 Å². The highest BCUT2D eigenvalue weighted by Crippen LogP contribution is 2.34. The Balaban J connectivity index is 2.07. The molecule has 0 radical (unpaired) electrons. The molecule has 0 unspecified atom stereocenters. The maximum Gasteiger partial charge on any atom is 0.133 e. The van der Waals surface area contributed by atoms with Gasteiger partial charge < -0.3 is 5.32 Å². The summed E-state index contributed by atoms with van der Waals surface area (Å²) in [4.78, 5) is 7.24. The zero-order valence-corrected chi connectivity index (χ0v) is 14.0. The molecule has 0 aliphatic carbocycles. The first kappa shape index (κ1) is 14.2. The minimum Gasteiger partial charge on any atom is -0.312 e. The molecule has 0 aliphatic rings. The molecule has 2 nitrogen and oxygen atoms in total. The molecule has 2 aromatic rings. The Morgan fingerprint density at radius 3 is 2.72 bits per heavy atom. The Hall–Kier alpha value is -0.230. The highest BCUT2D eigenvalue weighted by Gasteiger charge is 2.10. The lowest BCUT2D eigenvalue weighted by Gasteiger charge is -2.05. The molecule has 0 spiro atoms. The van der Waals surface area contributed by atoms with E-state index in [1.54, 1.807) is 22.7 Å². The van der Waals surface area contributed by atoms with Gasteiger partial charge in [-0.3, -0.25) is 0 Å². The Morgan fingerprint density at radius 2 is 2.11 bits per heavy atom. The number of hydrogen-bond donors (Lipinski definition) is 1. The second-order valence-corrected chi connectivity index (χ2v) is 8.20. The fourth-order valence-electron chi connectivity index (χ4n) is 1.60. The summed E-state index contributed by atoms with van der Waals surface area (Å²) in [5, 5.41) is 4.61. The molecule has 18 heavy (non-hydrogen) atoms. The topological polar surface area (TPSA) is 24.9 Å². The number of rotatable bonds is 5. The van der Waals surface area contributed by atoms with Crippen LogP contribution in [0.15, 0.2) is 15.9 Å². The minimum atomic E-state index is 0.686. The van der Waals surface area contributed by atoms with Crippen molar-refractivity contribution in [3.05, 3.63) is 26.5 Å². The Labute approximate surface area is 125 Å². The van der Waals surface area contributed by atoms with Crippen LogP contribution in [0, 0.1) is 12.8 Å². The van der Waals surface area contributed by atoms with Crippen molar-refractivity contribution >= 4 is 38.6 Å². The monoisotopic (exact) mass is 344 g/mol. The Bertz CT molecular complexity index is 517. The van der Waals surface area contributed by atoms with Crippen LogP contribution in [0.5, 0.6) is 0 Å². The molecule has 0 fully saturated rings. The third-order valence-corrected chi connectivity index (χ3v) is 5.47. The van der Waals surface area contributed by atoms with Gasteiger partial charge in [0.25, 0.3) is 0 Å². The highest BCUT2D eigenvalue weighted by atomic mass is 79.9. The molecule has 0 saturated heterocycles. The van der Waals surface area contributed by atoms with Crippen molar-refractivity contribution in [3.63, 3.8) is 0 Å². The summed E-state index contributed by atoms with van der Waals surface area (Å²) in [6, 6.07) is 4.20. The van der Waals surface area contributed by atoms with Gasteiger partial charge >= 0.3 is 0 Å². The summed E-state index contributed by atoms with van der Waals surface area (Å²) in [5.41, 5.74) is 1.15. The Morgan fingerprint density at radius 1 is 1.33 bits per heavy atom. The highest BCUT2D eigenvalue weighted by molar-refractivity contribution is 9.11. The van der Waals surface area contributed by atoms with Crippen LogP contribution in [0.2, 0.25) is 0 Å². The smallest absolute Gasteiger partial charge is 0.133 e. The number of halogens is 1. The number of nitrogens with zero attached hydrogens (tertiary/aromatic N) is 1. The van der Waals surface area contributed by atoms with Crippen LogP contribution < -0.4 is 5.32 Å². The lowest BCUT2D eigenvalue weighted by atomic mass is 10.2. The van der Waals surface area contributed by atoms with Gasteiger partial charge in [-0.25, -0.2) is 4.98 Å². The van der Waals surface area contributed by atoms with E-state index in [9.17, 15) is 0 Å². The van der Waals surface area contributed by atoms with E-state index in [0.717, 1.165) is 27.6 Å². The maximum absolute atomic E-state index is 4.66. The second kappa shape index (κ2) is 6.28. The van der Waals surface area contributed by atoms with E-state index in [4.69, 9.17) is 0 Å². The number of thiophene rings is 1. The van der Waals surface area contributed by atoms with Crippen LogP contribution in [-0.2, 0) is 6.54 Å². The van der Waals surface area contributed by atoms with Crippen molar-refractivity contribution in [2.24, 2.45) is 5.92 Å². The van der Waals surface area contributed by atoms with Gasteiger partial charge in [-0.15, -0.1) is 22.7 Å². The van der Waals surface area contributed by atoms with Crippen LogP contribution in [-0.4, -0.2) is 11.5 Å². The second-order valence-electron chi connectivity index (χ2n) is 4.66. The van der Waals surface area contributed by atoms with Gasteiger partial charge in [0.05, 0.1) is 14.4 Å². The molecular formula is C13H17BrN2S2. The van der Waals surface area contributed by atoms with E-state index in [0.29, 0.717) is 5.92 Å². The van der Waals surface area contributed by atoms with Gasteiger partial charge in [-0.1, -0.05) is 13.8 Å². The zero-order chi connectivity index (χ0) is 13.1. The van der Waals surface area contributed by atoms with Gasteiger partial charge in [0, 0.05) is 11.4 Å². The molecule has 0 atom stereocenters. The van der Waals surface area contributed by atoms with Crippen LogP contribution in [0.25, 0.3) is 9.88 Å². The van der Waals surface area contributed by atoms with Crippen LogP contribution in [0.1, 0.15) is 24.4 Å². The molecule has 2 aromatic heterocycles. The molecule has 5 heteroatoms. The van der Waals surface area contributed by atoms with Crippen molar-refractivity contribution in [2.45, 2.75) is 27.3 Å². The summed E-state index contributed by atoms with van der Waals surface area (Å²) >= 11 is 7.02. The predicted molar refractivity (Wildman–Crippen MR) is 84.4 cm³/mol.